The molecule has 3 nitrogen and oxygen atoms in total. The third-order valence-electron chi connectivity index (χ3n) is 4.94. The molecule has 3 aromatic rings. The SMILES string of the molecule is Cc1cccc2c(N3CCC(N)(c4ccccc4)C3)ccnc12. The fourth-order valence-electron chi connectivity index (χ4n) is 3.63. The average molecular weight is 303 g/mol. The molecule has 2 aromatic carbocycles. The first-order valence-electron chi connectivity index (χ1n) is 8.11. The van der Waals surface area contributed by atoms with Gasteiger partial charge in [0.15, 0.2) is 0 Å². The number of aromatic nitrogens is 1. The molecule has 0 bridgehead atoms. The zero-order valence-corrected chi connectivity index (χ0v) is 13.4. The van der Waals surface area contributed by atoms with Crippen molar-refractivity contribution in [3.8, 4) is 0 Å². The van der Waals surface area contributed by atoms with Crippen molar-refractivity contribution in [2.24, 2.45) is 5.73 Å². The molecule has 0 saturated carbocycles. The molecule has 0 spiro atoms. The van der Waals surface area contributed by atoms with Crippen molar-refractivity contribution in [1.82, 2.24) is 4.98 Å². The number of fused-ring (bicyclic) bond motifs is 1. The Balaban J connectivity index is 1.73. The van der Waals surface area contributed by atoms with E-state index in [1.165, 1.54) is 22.2 Å². The van der Waals surface area contributed by atoms with E-state index in [2.05, 4.69) is 65.3 Å². The first-order chi connectivity index (χ1) is 11.2. The molecule has 1 saturated heterocycles. The fourth-order valence-corrected chi connectivity index (χ4v) is 3.63. The van der Waals surface area contributed by atoms with Gasteiger partial charge in [-0.1, -0.05) is 48.5 Å². The number of nitrogens with zero attached hydrogens (tertiary/aromatic N) is 2. The van der Waals surface area contributed by atoms with Gasteiger partial charge in [0.25, 0.3) is 0 Å². The minimum atomic E-state index is -0.277. The summed E-state index contributed by atoms with van der Waals surface area (Å²) in [5.74, 6) is 0. The Morgan fingerprint density at radius 3 is 2.70 bits per heavy atom. The van der Waals surface area contributed by atoms with Crippen LogP contribution in [0.4, 0.5) is 5.69 Å². The summed E-state index contributed by atoms with van der Waals surface area (Å²) in [5.41, 5.74) is 11.2. The van der Waals surface area contributed by atoms with E-state index < -0.39 is 0 Å². The van der Waals surface area contributed by atoms with Crippen LogP contribution in [0.3, 0.4) is 0 Å². The number of hydrogen-bond acceptors (Lipinski definition) is 3. The highest BCUT2D eigenvalue weighted by Crippen LogP contribution is 2.35. The van der Waals surface area contributed by atoms with Gasteiger partial charge in [-0.25, -0.2) is 0 Å². The van der Waals surface area contributed by atoms with Gasteiger partial charge in [0.1, 0.15) is 0 Å². The monoisotopic (exact) mass is 303 g/mol. The van der Waals surface area contributed by atoms with E-state index in [-0.39, 0.29) is 5.54 Å². The maximum absolute atomic E-state index is 6.72. The second kappa shape index (κ2) is 5.36. The van der Waals surface area contributed by atoms with Crippen molar-refractivity contribution in [3.63, 3.8) is 0 Å². The highest BCUT2D eigenvalue weighted by atomic mass is 15.2. The lowest BCUT2D eigenvalue weighted by Gasteiger charge is -2.26. The van der Waals surface area contributed by atoms with Crippen LogP contribution in [0.15, 0.2) is 60.8 Å². The molecule has 0 radical (unpaired) electrons. The molecule has 2 N–H and O–H groups in total. The van der Waals surface area contributed by atoms with Crippen molar-refractivity contribution in [1.29, 1.82) is 0 Å². The minimum absolute atomic E-state index is 0.277. The molecule has 1 aliphatic rings. The maximum atomic E-state index is 6.72. The number of pyridine rings is 1. The smallest absolute Gasteiger partial charge is 0.0751 e. The first-order valence-corrected chi connectivity index (χ1v) is 8.11. The molecule has 4 rings (SSSR count). The van der Waals surface area contributed by atoms with E-state index >= 15 is 0 Å². The second-order valence-corrected chi connectivity index (χ2v) is 6.49. The van der Waals surface area contributed by atoms with Crippen LogP contribution in [0, 0.1) is 6.92 Å². The molecule has 0 aliphatic carbocycles. The summed E-state index contributed by atoms with van der Waals surface area (Å²) in [6.07, 6.45) is 2.87. The number of benzene rings is 2. The zero-order valence-electron chi connectivity index (χ0n) is 13.4. The predicted molar refractivity (Wildman–Crippen MR) is 95.6 cm³/mol. The first kappa shape index (κ1) is 14.2. The summed E-state index contributed by atoms with van der Waals surface area (Å²) in [4.78, 5) is 6.95. The van der Waals surface area contributed by atoms with Crippen molar-refractivity contribution in [2.45, 2.75) is 18.9 Å². The van der Waals surface area contributed by atoms with Crippen LogP contribution in [0.5, 0.6) is 0 Å². The highest BCUT2D eigenvalue weighted by Gasteiger charge is 2.36. The Morgan fingerprint density at radius 2 is 1.87 bits per heavy atom. The summed E-state index contributed by atoms with van der Waals surface area (Å²) in [5, 5.41) is 1.21. The molecule has 2 heterocycles. The molecule has 1 fully saturated rings. The number of para-hydroxylation sites is 1. The Kier molecular flexibility index (Phi) is 3.31. The summed E-state index contributed by atoms with van der Waals surface area (Å²) >= 11 is 0. The Labute approximate surface area is 136 Å². The van der Waals surface area contributed by atoms with Crippen molar-refractivity contribution >= 4 is 16.6 Å². The normalized spacial score (nSPS) is 21.0. The second-order valence-electron chi connectivity index (χ2n) is 6.49. The fraction of sp³-hybridized carbons (Fsp3) is 0.250. The molecule has 3 heteroatoms. The molecule has 1 aliphatic heterocycles. The minimum Gasteiger partial charge on any atom is -0.369 e. The standard InChI is InChI=1S/C20H21N3/c1-15-6-5-9-17-18(10-12-22-19(15)17)23-13-11-20(21,14-23)16-7-3-2-4-8-16/h2-10,12H,11,13-14,21H2,1H3. The van der Waals surface area contributed by atoms with Crippen LogP contribution in [-0.4, -0.2) is 18.1 Å². The molecular weight excluding hydrogens is 282 g/mol. The van der Waals surface area contributed by atoms with Gasteiger partial charge in [0, 0.05) is 30.4 Å². The number of hydrogen-bond donors (Lipinski definition) is 1. The van der Waals surface area contributed by atoms with Gasteiger partial charge in [-0.3, -0.25) is 4.98 Å². The van der Waals surface area contributed by atoms with E-state index in [1.807, 2.05) is 12.3 Å². The molecule has 1 atom stereocenters. The van der Waals surface area contributed by atoms with Crippen molar-refractivity contribution in [3.05, 3.63) is 71.9 Å². The molecule has 116 valence electrons. The van der Waals surface area contributed by atoms with Gasteiger partial charge < -0.3 is 10.6 Å². The van der Waals surface area contributed by atoms with Gasteiger partial charge in [-0.15, -0.1) is 0 Å². The van der Waals surface area contributed by atoms with E-state index in [0.29, 0.717) is 0 Å². The van der Waals surface area contributed by atoms with Crippen LogP contribution in [0.25, 0.3) is 10.9 Å². The number of rotatable bonds is 2. The lowest BCUT2D eigenvalue weighted by atomic mass is 9.90. The topological polar surface area (TPSA) is 42.1 Å². The predicted octanol–water partition coefficient (Wildman–Crippen LogP) is 3.61. The van der Waals surface area contributed by atoms with Gasteiger partial charge in [-0.2, -0.15) is 0 Å². The van der Waals surface area contributed by atoms with Crippen LogP contribution in [0.1, 0.15) is 17.5 Å². The Bertz CT molecular complexity index is 844. The third-order valence-corrected chi connectivity index (χ3v) is 4.94. The summed E-state index contributed by atoms with van der Waals surface area (Å²) in [6, 6.07) is 18.9. The number of nitrogens with two attached hydrogens (primary N) is 1. The molecular formula is C20H21N3. The average Bonchev–Trinajstić information content (AvgIpc) is 2.99. The summed E-state index contributed by atoms with van der Waals surface area (Å²) < 4.78 is 0. The van der Waals surface area contributed by atoms with E-state index in [0.717, 1.165) is 25.0 Å². The van der Waals surface area contributed by atoms with Gasteiger partial charge in [0.2, 0.25) is 0 Å². The lowest BCUT2D eigenvalue weighted by molar-refractivity contribution is 0.499. The van der Waals surface area contributed by atoms with Crippen LogP contribution in [0.2, 0.25) is 0 Å². The highest BCUT2D eigenvalue weighted by molar-refractivity contribution is 5.93. The number of anilines is 1. The lowest BCUT2D eigenvalue weighted by Crippen LogP contribution is -2.39. The van der Waals surface area contributed by atoms with Gasteiger partial charge >= 0.3 is 0 Å². The third kappa shape index (κ3) is 2.37. The van der Waals surface area contributed by atoms with Gasteiger partial charge in [0.05, 0.1) is 11.1 Å². The van der Waals surface area contributed by atoms with Crippen molar-refractivity contribution in [2.75, 3.05) is 18.0 Å². The van der Waals surface area contributed by atoms with E-state index in [9.17, 15) is 0 Å². The van der Waals surface area contributed by atoms with Crippen molar-refractivity contribution < 1.29 is 0 Å². The largest absolute Gasteiger partial charge is 0.369 e. The summed E-state index contributed by atoms with van der Waals surface area (Å²) in [6.45, 7) is 3.92. The van der Waals surface area contributed by atoms with Crippen LogP contribution < -0.4 is 10.6 Å². The van der Waals surface area contributed by atoms with E-state index in [1.54, 1.807) is 0 Å². The number of aryl methyl sites for hydroxylation is 1. The quantitative estimate of drug-likeness (QED) is 0.786. The van der Waals surface area contributed by atoms with Gasteiger partial charge in [-0.05, 0) is 30.5 Å². The summed E-state index contributed by atoms with van der Waals surface area (Å²) in [7, 11) is 0. The maximum Gasteiger partial charge on any atom is 0.0751 e. The van der Waals surface area contributed by atoms with Crippen LogP contribution in [-0.2, 0) is 5.54 Å². The molecule has 1 unspecified atom stereocenters. The molecule has 1 aromatic heterocycles. The zero-order chi connectivity index (χ0) is 15.9. The van der Waals surface area contributed by atoms with Crippen LogP contribution >= 0.6 is 0 Å². The Morgan fingerprint density at radius 1 is 1.04 bits per heavy atom. The Hall–Kier alpha value is -2.39. The molecule has 0 amide bonds. The van der Waals surface area contributed by atoms with E-state index in [4.69, 9.17) is 5.73 Å². The molecule has 23 heavy (non-hydrogen) atoms.